The van der Waals surface area contributed by atoms with Crippen molar-refractivity contribution in [1.29, 1.82) is 0 Å². The lowest BCUT2D eigenvalue weighted by Crippen LogP contribution is -2.41. The molecule has 2 heterocycles. The van der Waals surface area contributed by atoms with Gasteiger partial charge in [0, 0.05) is 28.0 Å². The quantitative estimate of drug-likeness (QED) is 0.386. The fraction of sp³-hybridized carbons (Fsp3) is 0.357. The van der Waals surface area contributed by atoms with E-state index in [1.165, 1.54) is 0 Å². The second kappa shape index (κ2) is 10.4. The van der Waals surface area contributed by atoms with Gasteiger partial charge >= 0.3 is 0 Å². The molecular weight excluding hydrogens is 534 g/mol. The van der Waals surface area contributed by atoms with Gasteiger partial charge < -0.3 is 10.6 Å². The second-order valence-electron chi connectivity index (χ2n) is 10.9. The van der Waals surface area contributed by atoms with Crippen LogP contribution < -0.4 is 10.6 Å². The molecule has 0 fully saturated rings. The summed E-state index contributed by atoms with van der Waals surface area (Å²) in [5.74, 6) is 1.46. The Morgan fingerprint density at radius 1 is 0.806 bits per heavy atom. The maximum absolute atomic E-state index is 7.01. The molecule has 0 saturated carbocycles. The highest BCUT2D eigenvalue weighted by Gasteiger charge is 2.39. The van der Waals surface area contributed by atoms with Crippen molar-refractivity contribution in [2.24, 2.45) is 20.8 Å². The Kier molecular flexibility index (Phi) is 7.83. The Morgan fingerprint density at radius 3 is 2.08 bits per heavy atom. The Balaban J connectivity index is 1.68. The summed E-state index contributed by atoms with van der Waals surface area (Å²) in [7, 11) is 0. The van der Waals surface area contributed by atoms with E-state index >= 15 is 0 Å². The lowest BCUT2D eigenvalue weighted by Gasteiger charge is -2.38. The largest absolute Gasteiger partial charge is 0.345 e. The molecule has 8 heteroatoms. The lowest BCUT2D eigenvalue weighted by molar-refractivity contribution is 0.306. The van der Waals surface area contributed by atoms with Gasteiger partial charge in [-0.1, -0.05) is 93.2 Å². The molecule has 2 aromatic carbocycles. The van der Waals surface area contributed by atoms with Crippen molar-refractivity contribution in [2.75, 3.05) is 0 Å². The summed E-state index contributed by atoms with van der Waals surface area (Å²) in [5.41, 5.74) is 2.15. The molecular formula is C28H30Cl4N4. The van der Waals surface area contributed by atoms with E-state index in [1.54, 1.807) is 6.20 Å². The van der Waals surface area contributed by atoms with Crippen LogP contribution >= 0.6 is 46.4 Å². The molecule has 0 amide bonds. The molecule has 0 bridgehead atoms. The number of halogens is 4. The van der Waals surface area contributed by atoms with Crippen LogP contribution in [-0.4, -0.2) is 23.8 Å². The number of nitrogens with zero attached hydrogens (tertiary/aromatic N) is 2. The average Bonchev–Trinajstić information content (AvgIpc) is 2.81. The van der Waals surface area contributed by atoms with Gasteiger partial charge in [0.2, 0.25) is 0 Å². The molecule has 2 unspecified atom stereocenters. The molecule has 4 rings (SSSR count). The Hall–Kier alpha value is -1.98. The zero-order valence-electron chi connectivity index (χ0n) is 21.0. The predicted octanol–water partition coefficient (Wildman–Crippen LogP) is 8.12. The molecule has 190 valence electrons. The number of hydrogen-bond acceptors (Lipinski definition) is 4. The van der Waals surface area contributed by atoms with Crippen LogP contribution in [0.25, 0.3) is 0 Å². The maximum atomic E-state index is 7.01. The molecule has 36 heavy (non-hydrogen) atoms. The van der Waals surface area contributed by atoms with Gasteiger partial charge in [0.05, 0.1) is 27.2 Å². The maximum Gasteiger partial charge on any atom is 0.134 e. The van der Waals surface area contributed by atoms with Crippen LogP contribution in [0.3, 0.4) is 0 Å². The van der Waals surface area contributed by atoms with E-state index in [0.29, 0.717) is 32.4 Å². The SMILES string of the molecule is CC(C)(C)C1N=C(c2ccc(Cl)cc2)NC(CC(C)(C)C2N=C(c3ccccc3Cl)NC=C2Cl)=C1Cl. The zero-order chi connectivity index (χ0) is 26.3. The first kappa shape index (κ1) is 27.1. The summed E-state index contributed by atoms with van der Waals surface area (Å²) in [6.07, 6.45) is 2.40. The summed E-state index contributed by atoms with van der Waals surface area (Å²) in [4.78, 5) is 9.98. The van der Waals surface area contributed by atoms with Gasteiger partial charge in [-0.2, -0.15) is 0 Å². The van der Waals surface area contributed by atoms with Crippen molar-refractivity contribution in [1.82, 2.24) is 10.6 Å². The molecule has 2 atom stereocenters. The standard InChI is InChI=1S/C28H30Cl4N4/c1-27(2,3)24-22(32)21(34-25(36-24)16-10-12-17(29)13-11-16)14-28(4,5)23-20(31)15-33-26(35-23)18-8-6-7-9-19(18)30/h6-13,15,23-24H,14H2,1-5H3,(H,33,35)(H,34,36). The van der Waals surface area contributed by atoms with E-state index in [2.05, 4.69) is 45.3 Å². The van der Waals surface area contributed by atoms with Crippen molar-refractivity contribution in [3.8, 4) is 0 Å². The third kappa shape index (κ3) is 5.78. The van der Waals surface area contributed by atoms with Gasteiger partial charge in [-0.15, -0.1) is 0 Å². The molecule has 0 radical (unpaired) electrons. The molecule has 2 aliphatic rings. The van der Waals surface area contributed by atoms with Crippen LogP contribution in [-0.2, 0) is 0 Å². The lowest BCUT2D eigenvalue weighted by atomic mass is 9.78. The zero-order valence-corrected chi connectivity index (χ0v) is 24.0. The van der Waals surface area contributed by atoms with Crippen molar-refractivity contribution < 1.29 is 0 Å². The average molecular weight is 564 g/mol. The van der Waals surface area contributed by atoms with E-state index in [0.717, 1.165) is 22.7 Å². The molecule has 2 aromatic rings. The summed E-state index contributed by atoms with van der Waals surface area (Å²) >= 11 is 26.3. The first-order chi connectivity index (χ1) is 16.9. The Morgan fingerprint density at radius 2 is 1.44 bits per heavy atom. The number of amidine groups is 2. The third-order valence-electron chi connectivity index (χ3n) is 6.36. The van der Waals surface area contributed by atoms with E-state index in [9.17, 15) is 0 Å². The minimum atomic E-state index is -0.379. The summed E-state index contributed by atoms with van der Waals surface area (Å²) in [6.45, 7) is 10.7. The van der Waals surface area contributed by atoms with Gasteiger partial charge in [-0.3, -0.25) is 9.98 Å². The number of allylic oxidation sites excluding steroid dienone is 1. The number of rotatable bonds is 5. The van der Waals surface area contributed by atoms with Gasteiger partial charge in [-0.05, 0) is 53.6 Å². The van der Waals surface area contributed by atoms with E-state index < -0.39 is 0 Å². The van der Waals surface area contributed by atoms with Crippen molar-refractivity contribution in [2.45, 2.75) is 53.1 Å². The van der Waals surface area contributed by atoms with Crippen LogP contribution in [0, 0.1) is 10.8 Å². The minimum absolute atomic E-state index is 0.173. The van der Waals surface area contributed by atoms with Crippen LogP contribution in [0.1, 0.15) is 52.2 Å². The Labute approximate surface area is 233 Å². The van der Waals surface area contributed by atoms with Crippen LogP contribution in [0.5, 0.6) is 0 Å². The number of hydrogen-bond donors (Lipinski definition) is 2. The number of benzene rings is 2. The second-order valence-corrected chi connectivity index (χ2v) is 12.6. The van der Waals surface area contributed by atoms with Crippen LogP contribution in [0.4, 0.5) is 0 Å². The van der Waals surface area contributed by atoms with Crippen LogP contribution in [0.2, 0.25) is 10.0 Å². The van der Waals surface area contributed by atoms with Crippen LogP contribution in [0.15, 0.2) is 80.5 Å². The van der Waals surface area contributed by atoms with E-state index in [1.807, 2.05) is 48.5 Å². The molecule has 0 aliphatic carbocycles. The predicted molar refractivity (Wildman–Crippen MR) is 154 cm³/mol. The van der Waals surface area contributed by atoms with E-state index in [4.69, 9.17) is 56.4 Å². The minimum Gasteiger partial charge on any atom is -0.345 e. The molecule has 2 aliphatic heterocycles. The topological polar surface area (TPSA) is 48.8 Å². The van der Waals surface area contributed by atoms with Crippen molar-refractivity contribution in [3.63, 3.8) is 0 Å². The smallest absolute Gasteiger partial charge is 0.134 e. The first-order valence-electron chi connectivity index (χ1n) is 11.8. The molecule has 0 spiro atoms. The van der Waals surface area contributed by atoms with Gasteiger partial charge in [0.25, 0.3) is 0 Å². The Bertz CT molecular complexity index is 1270. The monoisotopic (exact) mass is 562 g/mol. The first-order valence-corrected chi connectivity index (χ1v) is 13.3. The van der Waals surface area contributed by atoms with Gasteiger partial charge in [-0.25, -0.2) is 0 Å². The molecule has 4 nitrogen and oxygen atoms in total. The summed E-state index contributed by atoms with van der Waals surface area (Å²) in [5, 5.41) is 9.34. The highest BCUT2D eigenvalue weighted by Crippen LogP contribution is 2.42. The molecule has 0 saturated heterocycles. The number of aliphatic imine (C=N–C) groups is 2. The normalized spacial score (nSPS) is 20.8. The molecule has 2 N–H and O–H groups in total. The third-order valence-corrected chi connectivity index (χ3v) is 7.69. The highest BCUT2D eigenvalue weighted by molar-refractivity contribution is 6.35. The summed E-state index contributed by atoms with van der Waals surface area (Å²) < 4.78 is 0. The summed E-state index contributed by atoms with van der Waals surface area (Å²) in [6, 6.07) is 14.8. The van der Waals surface area contributed by atoms with Gasteiger partial charge in [0.1, 0.15) is 11.7 Å². The highest BCUT2D eigenvalue weighted by atomic mass is 35.5. The number of nitrogens with one attached hydrogen (secondary N) is 2. The van der Waals surface area contributed by atoms with Crippen molar-refractivity contribution in [3.05, 3.63) is 91.7 Å². The van der Waals surface area contributed by atoms with Crippen molar-refractivity contribution >= 4 is 58.1 Å². The fourth-order valence-electron chi connectivity index (χ4n) is 4.39. The molecule has 0 aromatic heterocycles. The fourth-order valence-corrected chi connectivity index (χ4v) is 5.63. The van der Waals surface area contributed by atoms with E-state index in [-0.39, 0.29) is 22.9 Å². The van der Waals surface area contributed by atoms with Gasteiger partial charge in [0.15, 0.2) is 0 Å².